The van der Waals surface area contributed by atoms with Gasteiger partial charge >= 0.3 is 42.0 Å². The second-order valence-corrected chi connectivity index (χ2v) is 5.25. The minimum Gasteiger partial charge on any atom is -0.205 e. The zero-order valence-electron chi connectivity index (χ0n) is 13.8. The van der Waals surface area contributed by atoms with E-state index in [9.17, 15) is 74.6 Å². The number of allylic oxidation sites excluding steroid dienone is 2. The van der Waals surface area contributed by atoms with E-state index in [1.807, 2.05) is 0 Å². The highest BCUT2D eigenvalue weighted by Crippen LogP contribution is 2.51. The van der Waals surface area contributed by atoms with Gasteiger partial charge in [-0.15, -0.1) is 0 Å². The van der Waals surface area contributed by atoms with Crippen molar-refractivity contribution in [2.75, 3.05) is 0 Å². The Morgan fingerprint density at radius 3 is 1.00 bits per heavy atom. The lowest BCUT2D eigenvalue weighted by atomic mass is 10.1. The molecule has 3 nitrogen and oxygen atoms in total. The summed E-state index contributed by atoms with van der Waals surface area (Å²) in [6.07, 6.45) is -15.3. The molecule has 0 spiro atoms. The van der Waals surface area contributed by atoms with E-state index in [-0.39, 0.29) is 0 Å². The monoisotopic (exact) mass is 509 g/mol. The number of halogens is 17. The van der Waals surface area contributed by atoms with Gasteiger partial charge in [0.1, 0.15) is 0 Å². The van der Waals surface area contributed by atoms with Gasteiger partial charge in [-0.2, -0.15) is 74.6 Å². The Labute approximate surface area is 162 Å². The summed E-state index contributed by atoms with van der Waals surface area (Å²) in [4.78, 5) is 4.66. The molecule has 0 bridgehead atoms. The fourth-order valence-corrected chi connectivity index (χ4v) is 1.55. The standard InChI is InChI=1S/C12F17N3/c13-1(3(15)16)8(19,20)5-30-6(9(21,22)2(14)4(17)18)32-7(31-5)10(23,24)11(25,26)12(27,28)29. The minimum absolute atomic E-state index is 1.51. The van der Waals surface area contributed by atoms with Crippen LogP contribution in [0.5, 0.6) is 0 Å². The fourth-order valence-electron chi connectivity index (χ4n) is 1.55. The summed E-state index contributed by atoms with van der Waals surface area (Å²) in [7, 11) is 0. The third-order valence-corrected chi connectivity index (χ3v) is 3.11. The highest BCUT2D eigenvalue weighted by molar-refractivity contribution is 5.22. The molecule has 1 aromatic heterocycles. The van der Waals surface area contributed by atoms with Crippen LogP contribution in [0.2, 0.25) is 0 Å². The summed E-state index contributed by atoms with van der Waals surface area (Å²) >= 11 is 0. The van der Waals surface area contributed by atoms with Crippen molar-refractivity contribution >= 4 is 0 Å². The van der Waals surface area contributed by atoms with E-state index in [2.05, 4.69) is 0 Å². The molecule has 182 valence electrons. The molecule has 0 saturated heterocycles. The number of alkyl halides is 11. The first-order valence-electron chi connectivity index (χ1n) is 6.80. The van der Waals surface area contributed by atoms with Crippen LogP contribution in [-0.4, -0.2) is 27.1 Å². The second kappa shape index (κ2) is 8.01. The van der Waals surface area contributed by atoms with Crippen LogP contribution in [0.25, 0.3) is 0 Å². The van der Waals surface area contributed by atoms with Gasteiger partial charge in [-0.05, 0) is 0 Å². The van der Waals surface area contributed by atoms with Gasteiger partial charge in [0.25, 0.3) is 0 Å². The van der Waals surface area contributed by atoms with E-state index in [4.69, 9.17) is 0 Å². The van der Waals surface area contributed by atoms with Crippen molar-refractivity contribution in [3.63, 3.8) is 0 Å². The van der Waals surface area contributed by atoms with Gasteiger partial charge in [0.15, 0.2) is 0 Å². The lowest BCUT2D eigenvalue weighted by molar-refractivity contribution is -0.361. The van der Waals surface area contributed by atoms with Gasteiger partial charge in [-0.25, -0.2) is 15.0 Å². The Balaban J connectivity index is 4.08. The number of rotatable bonds is 6. The molecule has 0 fully saturated rings. The van der Waals surface area contributed by atoms with Crippen LogP contribution in [0.4, 0.5) is 74.6 Å². The first kappa shape index (κ1) is 27.3. The molecule has 20 heteroatoms. The molecule has 0 unspecified atom stereocenters. The summed E-state index contributed by atoms with van der Waals surface area (Å²) in [5.74, 6) is -45.2. The van der Waals surface area contributed by atoms with Crippen molar-refractivity contribution in [2.45, 2.75) is 29.9 Å². The van der Waals surface area contributed by atoms with E-state index in [0.717, 1.165) is 0 Å². The molecule has 0 saturated carbocycles. The lowest BCUT2D eigenvalue weighted by Crippen LogP contribution is -2.51. The van der Waals surface area contributed by atoms with Crippen LogP contribution < -0.4 is 0 Å². The zero-order valence-corrected chi connectivity index (χ0v) is 13.8. The van der Waals surface area contributed by atoms with Crippen LogP contribution in [0.1, 0.15) is 17.5 Å². The maximum Gasteiger partial charge on any atom is 0.460 e. The summed E-state index contributed by atoms with van der Waals surface area (Å²) < 4.78 is 219. The average molecular weight is 509 g/mol. The lowest BCUT2D eigenvalue weighted by Gasteiger charge is -2.28. The predicted octanol–water partition coefficient (Wildman–Crippen LogP) is 6.50. The van der Waals surface area contributed by atoms with Gasteiger partial charge in [0, 0.05) is 0 Å². The summed E-state index contributed by atoms with van der Waals surface area (Å²) in [5.41, 5.74) is 0. The Kier molecular flexibility index (Phi) is 6.85. The van der Waals surface area contributed by atoms with Crippen LogP contribution >= 0.6 is 0 Å². The van der Waals surface area contributed by atoms with E-state index in [1.165, 1.54) is 9.97 Å². The molecule has 1 aromatic rings. The zero-order chi connectivity index (χ0) is 25.7. The number of hydrogen-bond acceptors (Lipinski definition) is 3. The van der Waals surface area contributed by atoms with Gasteiger partial charge in [-0.1, -0.05) is 0 Å². The Morgan fingerprint density at radius 1 is 0.469 bits per heavy atom. The van der Waals surface area contributed by atoms with Crippen molar-refractivity contribution in [3.8, 4) is 0 Å². The van der Waals surface area contributed by atoms with E-state index >= 15 is 0 Å². The van der Waals surface area contributed by atoms with Crippen LogP contribution in [0, 0.1) is 0 Å². The highest BCUT2D eigenvalue weighted by atomic mass is 19.4. The predicted molar refractivity (Wildman–Crippen MR) is 63.2 cm³/mol. The number of nitrogens with zero attached hydrogens (tertiary/aromatic N) is 3. The quantitative estimate of drug-likeness (QED) is 0.412. The Morgan fingerprint density at radius 2 is 0.750 bits per heavy atom. The largest absolute Gasteiger partial charge is 0.460 e. The van der Waals surface area contributed by atoms with Crippen molar-refractivity contribution in [1.82, 2.24) is 15.0 Å². The Bertz CT molecular complexity index is 882. The number of aromatic nitrogens is 3. The van der Waals surface area contributed by atoms with Gasteiger partial charge in [0.05, 0.1) is 0 Å². The topological polar surface area (TPSA) is 38.7 Å². The maximum absolute atomic E-state index is 13.7. The fraction of sp³-hybridized carbons (Fsp3) is 0.417. The van der Waals surface area contributed by atoms with Crippen LogP contribution in [0.3, 0.4) is 0 Å². The van der Waals surface area contributed by atoms with Gasteiger partial charge in [-0.3, -0.25) is 0 Å². The molecule has 32 heavy (non-hydrogen) atoms. The Hall–Kier alpha value is -2.70. The minimum atomic E-state index is -7.35. The van der Waals surface area contributed by atoms with E-state index < -0.39 is 71.2 Å². The van der Waals surface area contributed by atoms with Crippen molar-refractivity contribution in [2.24, 2.45) is 0 Å². The molecule has 0 atom stereocenters. The van der Waals surface area contributed by atoms with Crippen molar-refractivity contribution in [1.29, 1.82) is 0 Å². The van der Waals surface area contributed by atoms with Crippen molar-refractivity contribution in [3.05, 3.63) is 41.3 Å². The van der Waals surface area contributed by atoms with Gasteiger partial charge in [0.2, 0.25) is 29.1 Å². The van der Waals surface area contributed by atoms with Gasteiger partial charge < -0.3 is 0 Å². The molecule has 1 rings (SSSR count). The summed E-state index contributed by atoms with van der Waals surface area (Å²) in [6.45, 7) is 0. The molecule has 0 aliphatic heterocycles. The molecular weight excluding hydrogens is 509 g/mol. The third-order valence-electron chi connectivity index (χ3n) is 3.11. The molecule has 0 aromatic carbocycles. The highest BCUT2D eigenvalue weighted by Gasteiger charge is 2.75. The van der Waals surface area contributed by atoms with Crippen molar-refractivity contribution < 1.29 is 74.6 Å². The SMILES string of the molecule is FC(F)=C(F)C(F)(F)c1nc(C(F)(F)C(F)=C(F)F)nc(C(F)(F)C(F)(F)C(F)(F)F)n1. The molecule has 0 aliphatic carbocycles. The normalized spacial score (nSPS) is 13.8. The second-order valence-electron chi connectivity index (χ2n) is 5.25. The van der Waals surface area contributed by atoms with E-state index in [0.29, 0.717) is 0 Å². The molecule has 0 N–H and O–H groups in total. The summed E-state index contributed by atoms with van der Waals surface area (Å²) in [6, 6.07) is 0. The first-order chi connectivity index (χ1) is 14.0. The molecular formula is C12F17N3. The average Bonchev–Trinajstić information content (AvgIpc) is 2.64. The summed E-state index contributed by atoms with van der Waals surface area (Å²) in [5, 5.41) is 0. The molecule has 0 radical (unpaired) electrons. The molecule has 0 amide bonds. The molecule has 1 heterocycles. The smallest absolute Gasteiger partial charge is 0.205 e. The molecule has 0 aliphatic rings. The first-order valence-corrected chi connectivity index (χ1v) is 6.80. The number of hydrogen-bond donors (Lipinski definition) is 0. The maximum atomic E-state index is 13.7. The van der Waals surface area contributed by atoms with Crippen LogP contribution in [0.15, 0.2) is 23.8 Å². The van der Waals surface area contributed by atoms with Crippen LogP contribution in [-0.2, 0) is 17.8 Å². The third kappa shape index (κ3) is 4.43. The van der Waals surface area contributed by atoms with E-state index in [1.54, 1.807) is 4.98 Å².